The highest BCUT2D eigenvalue weighted by Crippen LogP contribution is 2.24. The van der Waals surface area contributed by atoms with Gasteiger partial charge in [0, 0.05) is 32.4 Å². The number of hydrogen-bond donors (Lipinski definition) is 0. The number of halogens is 2. The van der Waals surface area contributed by atoms with Gasteiger partial charge in [0.2, 0.25) is 0 Å². The van der Waals surface area contributed by atoms with Crippen LogP contribution in [0.2, 0.25) is 5.02 Å². The zero-order valence-corrected chi connectivity index (χ0v) is 12.6. The van der Waals surface area contributed by atoms with Crippen molar-refractivity contribution in [1.82, 2.24) is 4.98 Å². The molecule has 1 aliphatic heterocycles. The van der Waals surface area contributed by atoms with E-state index in [4.69, 9.17) is 16.9 Å². The zero-order valence-electron chi connectivity index (χ0n) is 11.8. The number of anilines is 2. The van der Waals surface area contributed by atoms with Gasteiger partial charge in [0.1, 0.15) is 17.7 Å². The summed E-state index contributed by atoms with van der Waals surface area (Å²) in [7, 11) is 0. The molecule has 1 saturated heterocycles. The van der Waals surface area contributed by atoms with Gasteiger partial charge in [0.15, 0.2) is 0 Å². The Bertz CT molecular complexity index is 703. The van der Waals surface area contributed by atoms with Gasteiger partial charge in [-0.3, -0.25) is 0 Å². The third-order valence-corrected chi connectivity index (χ3v) is 3.96. The summed E-state index contributed by atoms with van der Waals surface area (Å²) in [6.45, 7) is 3.09. The summed E-state index contributed by atoms with van der Waals surface area (Å²) in [5.41, 5.74) is 1.16. The van der Waals surface area contributed by atoms with Crippen molar-refractivity contribution in [1.29, 1.82) is 5.26 Å². The van der Waals surface area contributed by atoms with Crippen LogP contribution in [0, 0.1) is 17.1 Å². The van der Waals surface area contributed by atoms with E-state index in [1.165, 1.54) is 12.1 Å². The van der Waals surface area contributed by atoms with Gasteiger partial charge in [-0.1, -0.05) is 11.6 Å². The smallest absolute Gasteiger partial charge is 0.128 e. The summed E-state index contributed by atoms with van der Waals surface area (Å²) in [5, 5.41) is 9.77. The van der Waals surface area contributed by atoms with E-state index in [-0.39, 0.29) is 5.82 Å². The van der Waals surface area contributed by atoms with Gasteiger partial charge in [-0.05, 0) is 30.3 Å². The van der Waals surface area contributed by atoms with E-state index in [1.807, 2.05) is 12.1 Å². The summed E-state index contributed by atoms with van der Waals surface area (Å²) < 4.78 is 13.2. The largest absolute Gasteiger partial charge is 0.367 e. The number of pyridine rings is 1. The van der Waals surface area contributed by atoms with Crippen molar-refractivity contribution in [2.24, 2.45) is 0 Å². The summed E-state index contributed by atoms with van der Waals surface area (Å²) in [4.78, 5) is 8.59. The molecular formula is C16H14ClFN4. The molecule has 1 aliphatic rings. The first-order chi connectivity index (χ1) is 10.7. The lowest BCUT2D eigenvalue weighted by atomic mass is 10.1. The van der Waals surface area contributed by atoms with E-state index in [0.717, 1.165) is 37.7 Å². The fourth-order valence-corrected chi connectivity index (χ4v) is 2.72. The van der Waals surface area contributed by atoms with E-state index in [2.05, 4.69) is 20.9 Å². The molecule has 0 atom stereocenters. The molecule has 0 aliphatic carbocycles. The predicted octanol–water partition coefficient (Wildman–Crippen LogP) is 3.07. The van der Waals surface area contributed by atoms with Gasteiger partial charge in [-0.15, -0.1) is 0 Å². The van der Waals surface area contributed by atoms with E-state index < -0.39 is 0 Å². The Hall–Kier alpha value is -2.32. The van der Waals surface area contributed by atoms with Gasteiger partial charge in [-0.2, -0.15) is 5.26 Å². The number of hydrogen-bond acceptors (Lipinski definition) is 4. The van der Waals surface area contributed by atoms with Crippen molar-refractivity contribution >= 4 is 23.1 Å². The molecule has 22 heavy (non-hydrogen) atoms. The Labute approximate surface area is 133 Å². The van der Waals surface area contributed by atoms with Crippen LogP contribution in [-0.2, 0) is 0 Å². The Morgan fingerprint density at radius 1 is 1.09 bits per heavy atom. The summed E-state index contributed by atoms with van der Waals surface area (Å²) in [5.74, 6) is 0.507. The maximum Gasteiger partial charge on any atom is 0.128 e. The average Bonchev–Trinajstić information content (AvgIpc) is 2.56. The first-order valence-electron chi connectivity index (χ1n) is 6.98. The maximum absolute atomic E-state index is 13.2. The minimum Gasteiger partial charge on any atom is -0.367 e. The first-order valence-corrected chi connectivity index (χ1v) is 7.36. The second-order valence-corrected chi connectivity index (χ2v) is 5.52. The van der Waals surface area contributed by atoms with Crippen LogP contribution in [0.3, 0.4) is 0 Å². The highest BCUT2D eigenvalue weighted by atomic mass is 35.5. The quantitative estimate of drug-likeness (QED) is 0.854. The highest BCUT2D eigenvalue weighted by molar-refractivity contribution is 6.30. The fourth-order valence-electron chi connectivity index (χ4n) is 2.61. The lowest BCUT2D eigenvalue weighted by molar-refractivity contribution is 0.623. The normalized spacial score (nSPS) is 14.8. The van der Waals surface area contributed by atoms with Crippen LogP contribution >= 0.6 is 11.6 Å². The number of piperazine rings is 1. The molecule has 1 aromatic carbocycles. The van der Waals surface area contributed by atoms with Crippen LogP contribution in [0.15, 0.2) is 36.5 Å². The monoisotopic (exact) mass is 316 g/mol. The van der Waals surface area contributed by atoms with E-state index in [0.29, 0.717) is 10.6 Å². The third-order valence-electron chi connectivity index (χ3n) is 3.74. The van der Waals surface area contributed by atoms with Crippen LogP contribution in [-0.4, -0.2) is 31.2 Å². The number of aromatic nitrogens is 1. The van der Waals surface area contributed by atoms with Crippen molar-refractivity contribution in [2.45, 2.75) is 0 Å². The molecule has 0 bridgehead atoms. The van der Waals surface area contributed by atoms with Crippen molar-refractivity contribution < 1.29 is 4.39 Å². The van der Waals surface area contributed by atoms with E-state index in [9.17, 15) is 4.39 Å². The summed E-state index contributed by atoms with van der Waals surface area (Å²) in [6.07, 6.45) is 1.64. The SMILES string of the molecule is N#Cc1cc(F)ccc1N1CCN(c2ccc(Cl)cn2)CC1. The van der Waals surface area contributed by atoms with Gasteiger partial charge >= 0.3 is 0 Å². The molecule has 4 nitrogen and oxygen atoms in total. The second kappa shape index (κ2) is 6.20. The van der Waals surface area contributed by atoms with Crippen LogP contribution in [0.1, 0.15) is 5.56 Å². The Morgan fingerprint density at radius 2 is 1.82 bits per heavy atom. The fraction of sp³-hybridized carbons (Fsp3) is 0.250. The zero-order chi connectivity index (χ0) is 15.5. The standard InChI is InChI=1S/C16H14ClFN4/c17-13-1-4-16(20-11-13)22-7-5-21(6-8-22)15-3-2-14(18)9-12(15)10-19/h1-4,9,11H,5-8H2. The molecule has 3 rings (SSSR count). The van der Waals surface area contributed by atoms with Crippen molar-refractivity contribution in [3.05, 3.63) is 52.9 Å². The number of nitriles is 1. The maximum atomic E-state index is 13.2. The molecule has 6 heteroatoms. The van der Waals surface area contributed by atoms with Gasteiger partial charge in [0.25, 0.3) is 0 Å². The Morgan fingerprint density at radius 3 is 2.45 bits per heavy atom. The molecule has 2 heterocycles. The number of benzene rings is 1. The summed E-state index contributed by atoms with van der Waals surface area (Å²) in [6, 6.07) is 10.1. The molecule has 0 spiro atoms. The second-order valence-electron chi connectivity index (χ2n) is 5.08. The molecule has 1 aromatic heterocycles. The minimum atomic E-state index is -0.385. The van der Waals surface area contributed by atoms with Gasteiger partial charge in [-0.25, -0.2) is 9.37 Å². The van der Waals surface area contributed by atoms with Gasteiger partial charge < -0.3 is 9.80 Å². The summed E-state index contributed by atoms with van der Waals surface area (Å²) >= 11 is 5.85. The lowest BCUT2D eigenvalue weighted by Gasteiger charge is -2.37. The molecule has 0 N–H and O–H groups in total. The Balaban J connectivity index is 1.72. The van der Waals surface area contributed by atoms with Crippen LogP contribution in [0.4, 0.5) is 15.9 Å². The molecule has 0 radical (unpaired) electrons. The first kappa shape index (κ1) is 14.6. The van der Waals surface area contributed by atoms with E-state index in [1.54, 1.807) is 12.3 Å². The molecule has 1 fully saturated rings. The number of rotatable bonds is 2. The van der Waals surface area contributed by atoms with Gasteiger partial charge in [0.05, 0.1) is 16.3 Å². The molecule has 2 aromatic rings. The Kier molecular flexibility index (Phi) is 4.12. The molecule has 0 amide bonds. The molecule has 0 unspecified atom stereocenters. The van der Waals surface area contributed by atoms with Crippen molar-refractivity contribution in [3.8, 4) is 6.07 Å². The number of nitrogens with zero attached hydrogens (tertiary/aromatic N) is 4. The van der Waals surface area contributed by atoms with Crippen LogP contribution in [0.25, 0.3) is 0 Å². The third kappa shape index (κ3) is 2.97. The van der Waals surface area contributed by atoms with Crippen molar-refractivity contribution in [2.75, 3.05) is 36.0 Å². The van der Waals surface area contributed by atoms with Crippen LogP contribution in [0.5, 0.6) is 0 Å². The highest BCUT2D eigenvalue weighted by Gasteiger charge is 2.20. The average molecular weight is 317 g/mol. The van der Waals surface area contributed by atoms with Crippen molar-refractivity contribution in [3.63, 3.8) is 0 Å². The topological polar surface area (TPSA) is 43.2 Å². The lowest BCUT2D eigenvalue weighted by Crippen LogP contribution is -2.47. The molecule has 112 valence electrons. The molecule has 0 saturated carbocycles. The minimum absolute atomic E-state index is 0.373. The molecular weight excluding hydrogens is 303 g/mol. The van der Waals surface area contributed by atoms with Crippen LogP contribution < -0.4 is 9.80 Å². The predicted molar refractivity (Wildman–Crippen MR) is 84.8 cm³/mol. The van der Waals surface area contributed by atoms with E-state index >= 15 is 0 Å².